The molecule has 3 amide bonds. The number of anilines is 1. The minimum Gasteiger partial charge on any atom is -0.477 e. The van der Waals surface area contributed by atoms with Crippen molar-refractivity contribution in [3.05, 3.63) is 58.1 Å². The number of carbonyl (C=O) groups excluding carboxylic acids is 5. The molecule has 580 valence electrons. The van der Waals surface area contributed by atoms with Crippen LogP contribution in [0.15, 0.2) is 41.3 Å². The number of carbonyl (C=O) groups is 6. The van der Waals surface area contributed by atoms with Crippen molar-refractivity contribution in [1.82, 2.24) is 25.5 Å². The summed E-state index contributed by atoms with van der Waals surface area (Å²) in [5, 5.41) is 180. The number of rotatable bonds is 32. The van der Waals surface area contributed by atoms with Crippen LogP contribution in [0.5, 0.6) is 0 Å². The molecule has 6 aliphatic heterocycles. The van der Waals surface area contributed by atoms with Gasteiger partial charge in [-0.25, -0.2) is 18.7 Å². The number of aliphatic carboxylic acids is 1. The highest BCUT2D eigenvalue weighted by molar-refractivity contribution is 7.47. The maximum Gasteiger partial charge on any atom is 0.475 e. The third-order valence-electron chi connectivity index (χ3n) is 17.3. The van der Waals surface area contributed by atoms with Crippen molar-refractivity contribution in [2.75, 3.05) is 38.7 Å². The van der Waals surface area contributed by atoms with E-state index in [4.69, 9.17) is 71.6 Å². The first-order valence-corrected chi connectivity index (χ1v) is 33.1. The number of aryl methyl sites for hydroxylation is 1. The SMILES string of the molecule is CC(=O)NC1[C@@H](O[C@@H]2C(OC=O)O[C@@H](O[C@@H]3C(CO)O[C@H](O[C@@H]4C(OC=O)O[C@@H](OCCNC(=O)c5ccc(CCC[C@@H](O)[C@@H](O)C6O[C@](OP(=O)(O)OC[C@H]7O[C@@H](n8ccc(N)nc8=O)C(O)[C@H]7O)(C(=O)O)C[C@@H](O)[C@H]6O)cc5)C(O)[C@H]4O)C(NC(C)=O)[C@H]3O)C(O)[C@H]2O)OC(CO)[C@@H](O)[C@@H]1O. The summed E-state index contributed by atoms with van der Waals surface area (Å²) in [6.45, 7) is -2.07. The molecule has 31 atom stereocenters. The number of carboxylic acids is 1. The van der Waals surface area contributed by atoms with Crippen molar-refractivity contribution in [2.45, 2.75) is 223 Å². The maximum absolute atomic E-state index is 13.2. The van der Waals surface area contributed by atoms with Gasteiger partial charge >= 0.3 is 19.5 Å². The first kappa shape index (κ1) is 82.5. The molecule has 45 nitrogen and oxygen atoms in total. The van der Waals surface area contributed by atoms with Crippen LogP contribution in [0.4, 0.5) is 5.82 Å². The minimum atomic E-state index is -5.66. The number of nitrogen functional groups attached to an aromatic ring is 1. The van der Waals surface area contributed by atoms with Crippen LogP contribution in [0.25, 0.3) is 0 Å². The van der Waals surface area contributed by atoms with Crippen molar-refractivity contribution >= 4 is 50.3 Å². The summed E-state index contributed by atoms with van der Waals surface area (Å²) in [6.07, 6.45) is -52.8. The number of nitrogens with one attached hydrogen (secondary N) is 3. The monoisotopic (exact) mass is 1510 g/mol. The first-order valence-electron chi connectivity index (χ1n) is 31.6. The largest absolute Gasteiger partial charge is 0.477 e. The number of phosphoric acid groups is 1. The van der Waals surface area contributed by atoms with E-state index in [-0.39, 0.29) is 50.1 Å². The fraction of sp³-hybridized carbons (Fsp3) is 0.719. The van der Waals surface area contributed by atoms with Crippen molar-refractivity contribution in [2.24, 2.45) is 0 Å². The number of aliphatic hydroxyl groups is 15. The topological polar surface area (TPSA) is 690 Å². The molecule has 0 saturated carbocycles. The lowest BCUT2D eigenvalue weighted by molar-refractivity contribution is -0.398. The molecule has 46 heteroatoms. The number of benzene rings is 1. The number of hydrogen-bond acceptors (Lipinski definition) is 39. The second kappa shape index (κ2) is 35.9. The Labute approximate surface area is 580 Å². The molecular weight excluding hydrogens is 1420 g/mol. The van der Waals surface area contributed by atoms with Gasteiger partial charge in [-0.1, -0.05) is 12.1 Å². The van der Waals surface area contributed by atoms with Gasteiger partial charge in [0.1, 0.15) is 116 Å². The van der Waals surface area contributed by atoms with E-state index < -0.39 is 254 Å². The molecule has 6 saturated heterocycles. The number of phosphoric ester groups is 1. The zero-order chi connectivity index (χ0) is 75.7. The number of hydrogen-bond donors (Lipinski definition) is 21. The van der Waals surface area contributed by atoms with Crippen LogP contribution in [0.3, 0.4) is 0 Å². The molecule has 6 fully saturated rings. The van der Waals surface area contributed by atoms with E-state index in [2.05, 4.69) is 20.9 Å². The van der Waals surface area contributed by atoms with Crippen LogP contribution in [0.2, 0.25) is 0 Å². The van der Waals surface area contributed by atoms with E-state index >= 15 is 0 Å². The number of nitrogens with zero attached hydrogens (tertiary/aromatic N) is 2. The first-order chi connectivity index (χ1) is 48.7. The van der Waals surface area contributed by atoms with Crippen LogP contribution in [-0.2, 0) is 101 Å². The lowest BCUT2D eigenvalue weighted by Gasteiger charge is -2.49. The molecule has 6 aliphatic rings. The van der Waals surface area contributed by atoms with Gasteiger partial charge < -0.3 is 165 Å². The average Bonchev–Trinajstić information content (AvgIpc) is 1.44. The molecule has 0 bridgehead atoms. The number of nitrogens with two attached hydrogens (primary N) is 1. The van der Waals surface area contributed by atoms with E-state index in [1.807, 2.05) is 0 Å². The van der Waals surface area contributed by atoms with Crippen molar-refractivity contribution < 1.29 is 186 Å². The average molecular weight is 1510 g/mol. The Bertz CT molecular complexity index is 3280. The summed E-state index contributed by atoms with van der Waals surface area (Å²) in [7, 11) is -5.66. The molecule has 1 aromatic carbocycles. The van der Waals surface area contributed by atoms with Crippen LogP contribution < -0.4 is 27.4 Å². The lowest BCUT2D eigenvalue weighted by atomic mass is 9.89. The van der Waals surface area contributed by atoms with Crippen molar-refractivity contribution in [3.8, 4) is 0 Å². The van der Waals surface area contributed by atoms with Gasteiger partial charge in [-0.3, -0.25) is 33.1 Å². The van der Waals surface area contributed by atoms with Gasteiger partial charge in [0.2, 0.25) is 24.4 Å². The third kappa shape index (κ3) is 19.5. The Hall–Kier alpha value is -6.17. The predicted molar refractivity (Wildman–Crippen MR) is 322 cm³/mol. The highest BCUT2D eigenvalue weighted by Crippen LogP contribution is 2.52. The quantitative estimate of drug-likeness (QED) is 0.0184. The fourth-order valence-electron chi connectivity index (χ4n) is 12.0. The molecule has 8 rings (SSSR count). The third-order valence-corrected chi connectivity index (χ3v) is 18.3. The van der Waals surface area contributed by atoms with Gasteiger partial charge in [0.25, 0.3) is 24.6 Å². The zero-order valence-electron chi connectivity index (χ0n) is 54.2. The Morgan fingerprint density at radius 1 is 0.689 bits per heavy atom. The summed E-state index contributed by atoms with van der Waals surface area (Å²) in [4.78, 5) is 100. The normalized spacial score (nSPS) is 38.8. The van der Waals surface area contributed by atoms with Gasteiger partial charge in [0.15, 0.2) is 43.6 Å². The summed E-state index contributed by atoms with van der Waals surface area (Å²) < 4.78 is 90.0. The van der Waals surface area contributed by atoms with Gasteiger partial charge in [-0.15, -0.1) is 0 Å². The molecule has 7 heterocycles. The Balaban J connectivity index is 0.799. The Kier molecular flexibility index (Phi) is 28.8. The Morgan fingerprint density at radius 2 is 1.24 bits per heavy atom. The maximum atomic E-state index is 13.2. The van der Waals surface area contributed by atoms with E-state index in [0.29, 0.717) is 5.56 Å². The molecule has 1 aromatic heterocycles. The van der Waals surface area contributed by atoms with Crippen molar-refractivity contribution in [3.63, 3.8) is 0 Å². The summed E-state index contributed by atoms with van der Waals surface area (Å²) in [5.74, 6) is -7.96. The molecule has 103 heavy (non-hydrogen) atoms. The van der Waals surface area contributed by atoms with Crippen LogP contribution >= 0.6 is 7.82 Å². The van der Waals surface area contributed by atoms with E-state index in [9.17, 15) is 125 Å². The fourth-order valence-corrected chi connectivity index (χ4v) is 13.0. The highest BCUT2D eigenvalue weighted by atomic mass is 31.2. The molecule has 0 spiro atoms. The number of aliphatic hydroxyl groups excluding tert-OH is 15. The highest BCUT2D eigenvalue weighted by Gasteiger charge is 2.60. The van der Waals surface area contributed by atoms with E-state index in [1.54, 1.807) is 0 Å². The second-order valence-corrected chi connectivity index (χ2v) is 25.8. The number of ether oxygens (including phenoxy) is 12. The predicted octanol–water partition coefficient (Wildman–Crippen LogP) is -11.8. The minimum absolute atomic E-state index is 0.0751. The van der Waals surface area contributed by atoms with Crippen LogP contribution in [-0.4, -0.2) is 343 Å². The molecule has 2 aromatic rings. The summed E-state index contributed by atoms with van der Waals surface area (Å²) in [5.41, 5.74) is 5.17. The van der Waals surface area contributed by atoms with Gasteiger partial charge in [-0.05, 0) is 43.0 Å². The zero-order valence-corrected chi connectivity index (χ0v) is 55.1. The number of amides is 3. The summed E-state index contributed by atoms with van der Waals surface area (Å²) in [6, 6.07) is 3.64. The molecule has 22 N–H and O–H groups in total. The number of aromatic nitrogens is 2. The van der Waals surface area contributed by atoms with Crippen molar-refractivity contribution in [1.29, 1.82) is 0 Å². The van der Waals surface area contributed by atoms with E-state index in [1.165, 1.54) is 30.3 Å². The second-order valence-electron chi connectivity index (χ2n) is 24.5. The molecule has 0 radical (unpaired) electrons. The van der Waals surface area contributed by atoms with Gasteiger partial charge in [-0.2, -0.15) is 4.98 Å². The number of carboxylic acid groups (broad SMARTS) is 1. The Morgan fingerprint density at radius 3 is 1.81 bits per heavy atom. The van der Waals surface area contributed by atoms with Crippen LogP contribution in [0.1, 0.15) is 55.3 Å². The molecule has 0 aliphatic carbocycles. The standard InChI is InChI=1S/C57H83N6O39P/c1-20(68)60-30-36(76)34(74)26(15-64)94-49(30)97-46-39(79)42(82)52(100-54(46)91-19-67)96-43-27(16-65)95-50(31(37(43)77)61-21(2)69)98-45-38(78)41(81)51(99-53(45)90-18-66)89-13-11-59-47(83)23-8-6-22(7-9-23)4-3-5-24(70)32(72)44-33(73)25(71)14-57(101-44,55(84)85)102-103(87,88)92-17-28-35(75)40(80)48(93-28)63-12-10-29(58)62-56(63)86/h6-10,12,18-19,24-28,30-46,48-54,64-65,70-82H,3-5,11,13-17H2,1-2H3,(H,59,83)(H,60,68)(H,61,69)(H,84,85)(H,87,88)(H2,58,62,86)/t24-,25-,26?,27?,28-,30?,31?,32-,33-,34-,35+,36-,37-,38-,39-,40?,41?,42?,43-,44?,45+,46+,48-,49-,50-,51-,52-,53?,54?,57-/m1/s1. The van der Waals surface area contributed by atoms with E-state index in [0.717, 1.165) is 24.6 Å². The van der Waals surface area contributed by atoms with Gasteiger partial charge in [0.05, 0.1) is 38.6 Å². The van der Waals surface area contributed by atoms with Crippen LogP contribution in [0, 0.1) is 0 Å². The smallest absolute Gasteiger partial charge is 0.475 e. The van der Waals surface area contributed by atoms with Gasteiger partial charge in [0, 0.05) is 38.6 Å². The molecule has 11 unspecified atom stereocenters. The molecular formula is C57H83N6O39P. The lowest BCUT2D eigenvalue weighted by Crippen LogP contribution is -2.70. The summed E-state index contributed by atoms with van der Waals surface area (Å²) >= 11 is 0.